The van der Waals surface area contributed by atoms with Gasteiger partial charge in [-0.15, -0.1) is 0 Å². The zero-order valence-corrected chi connectivity index (χ0v) is 9.94. The summed E-state index contributed by atoms with van der Waals surface area (Å²) >= 11 is 11.6. The summed E-state index contributed by atoms with van der Waals surface area (Å²) in [6.45, 7) is 2.63. The highest BCUT2D eigenvalue weighted by molar-refractivity contribution is 6.36. The van der Waals surface area contributed by atoms with Crippen LogP contribution in [0.2, 0.25) is 10.0 Å². The molecule has 0 bridgehead atoms. The van der Waals surface area contributed by atoms with Gasteiger partial charge in [0.05, 0.1) is 5.02 Å². The molecule has 0 N–H and O–H groups in total. The summed E-state index contributed by atoms with van der Waals surface area (Å²) < 4.78 is 5.14. The lowest BCUT2D eigenvalue weighted by Gasteiger charge is -2.04. The predicted octanol–water partition coefficient (Wildman–Crippen LogP) is 3.60. The van der Waals surface area contributed by atoms with Crippen molar-refractivity contribution in [3.05, 3.63) is 33.8 Å². The van der Waals surface area contributed by atoms with Crippen molar-refractivity contribution in [1.82, 2.24) is 0 Å². The first-order valence-electron chi connectivity index (χ1n) is 4.71. The molecule has 0 saturated carbocycles. The summed E-state index contributed by atoms with van der Waals surface area (Å²) in [5.74, 6) is -0.120. The monoisotopic (exact) mass is 246 g/mol. The Morgan fingerprint density at radius 1 is 1.40 bits per heavy atom. The van der Waals surface area contributed by atoms with E-state index in [0.717, 1.165) is 6.42 Å². The molecule has 0 fully saturated rings. The number of benzene rings is 1. The molecule has 0 radical (unpaired) electrons. The van der Waals surface area contributed by atoms with Gasteiger partial charge in [0.1, 0.15) is 6.61 Å². The predicted molar refractivity (Wildman–Crippen MR) is 61.9 cm³/mol. The van der Waals surface area contributed by atoms with Crippen molar-refractivity contribution in [2.75, 3.05) is 13.2 Å². The second-order valence-electron chi connectivity index (χ2n) is 3.10. The average Bonchev–Trinajstić information content (AvgIpc) is 2.17. The lowest BCUT2D eigenvalue weighted by Crippen LogP contribution is -2.10. The molecule has 1 aromatic carbocycles. The van der Waals surface area contributed by atoms with Crippen molar-refractivity contribution in [2.45, 2.75) is 13.3 Å². The molecule has 0 unspecified atom stereocenters. The minimum atomic E-state index is -0.120. The maximum Gasteiger partial charge on any atom is 0.189 e. The summed E-state index contributed by atoms with van der Waals surface area (Å²) in [5, 5.41) is 0.888. The molecule has 2 nitrogen and oxygen atoms in total. The molecule has 0 heterocycles. The summed E-state index contributed by atoms with van der Waals surface area (Å²) in [7, 11) is 0. The summed E-state index contributed by atoms with van der Waals surface area (Å²) in [4.78, 5) is 11.6. The van der Waals surface area contributed by atoms with Crippen LogP contribution in [0, 0.1) is 0 Å². The Balaban J connectivity index is 2.65. The highest BCUT2D eigenvalue weighted by Gasteiger charge is 2.10. The largest absolute Gasteiger partial charge is 0.373 e. The Labute approximate surface area is 99.1 Å². The summed E-state index contributed by atoms with van der Waals surface area (Å²) in [6, 6.07) is 4.80. The van der Waals surface area contributed by atoms with Crippen LogP contribution in [0.1, 0.15) is 23.7 Å². The van der Waals surface area contributed by atoms with Gasteiger partial charge in [-0.25, -0.2) is 0 Å². The topological polar surface area (TPSA) is 26.3 Å². The van der Waals surface area contributed by atoms with Crippen LogP contribution in [0.4, 0.5) is 0 Å². The molecule has 0 aromatic heterocycles. The second-order valence-corrected chi connectivity index (χ2v) is 3.94. The molecule has 1 rings (SSSR count). The van der Waals surface area contributed by atoms with E-state index < -0.39 is 0 Å². The van der Waals surface area contributed by atoms with Crippen LogP contribution in [0.3, 0.4) is 0 Å². The van der Waals surface area contributed by atoms with Crippen molar-refractivity contribution in [3.63, 3.8) is 0 Å². The highest BCUT2D eigenvalue weighted by atomic mass is 35.5. The zero-order valence-electron chi connectivity index (χ0n) is 8.43. The summed E-state index contributed by atoms with van der Waals surface area (Å²) in [5.41, 5.74) is 0.456. The quantitative estimate of drug-likeness (QED) is 0.587. The van der Waals surface area contributed by atoms with E-state index in [0.29, 0.717) is 22.2 Å². The molecule has 0 amide bonds. The van der Waals surface area contributed by atoms with Gasteiger partial charge in [0.15, 0.2) is 5.78 Å². The van der Waals surface area contributed by atoms with E-state index in [-0.39, 0.29) is 12.4 Å². The molecule has 0 spiro atoms. The fraction of sp³-hybridized carbons (Fsp3) is 0.364. The minimum absolute atomic E-state index is 0.0647. The molecule has 15 heavy (non-hydrogen) atoms. The Morgan fingerprint density at radius 2 is 2.13 bits per heavy atom. The molecular formula is C11H12Cl2O2. The molecule has 0 aliphatic rings. The lowest BCUT2D eigenvalue weighted by molar-refractivity contribution is 0.0761. The van der Waals surface area contributed by atoms with Crippen LogP contribution < -0.4 is 0 Å². The molecule has 0 aliphatic carbocycles. The van der Waals surface area contributed by atoms with E-state index in [1.807, 2.05) is 6.92 Å². The van der Waals surface area contributed by atoms with Gasteiger partial charge >= 0.3 is 0 Å². The number of ether oxygens (including phenoxy) is 1. The molecular weight excluding hydrogens is 235 g/mol. The maximum absolute atomic E-state index is 11.6. The van der Waals surface area contributed by atoms with Crippen molar-refractivity contribution >= 4 is 29.0 Å². The zero-order chi connectivity index (χ0) is 11.3. The molecule has 0 aliphatic heterocycles. The van der Waals surface area contributed by atoms with Crippen LogP contribution in [0.5, 0.6) is 0 Å². The normalized spacial score (nSPS) is 10.3. The molecule has 4 heteroatoms. The highest BCUT2D eigenvalue weighted by Crippen LogP contribution is 2.21. The first-order valence-corrected chi connectivity index (χ1v) is 5.46. The molecule has 82 valence electrons. The van der Waals surface area contributed by atoms with Gasteiger partial charge in [0.25, 0.3) is 0 Å². The number of hydrogen-bond acceptors (Lipinski definition) is 2. The SMILES string of the molecule is CCCOCC(=O)c1ccc(Cl)cc1Cl. The van der Waals surface area contributed by atoms with E-state index >= 15 is 0 Å². The average molecular weight is 247 g/mol. The maximum atomic E-state index is 11.6. The van der Waals surface area contributed by atoms with Gasteiger partial charge in [-0.05, 0) is 24.6 Å². The Bertz CT molecular complexity index is 350. The van der Waals surface area contributed by atoms with Crippen LogP contribution in [-0.4, -0.2) is 19.0 Å². The van der Waals surface area contributed by atoms with Gasteiger partial charge in [-0.2, -0.15) is 0 Å². The van der Waals surface area contributed by atoms with E-state index in [2.05, 4.69) is 0 Å². The fourth-order valence-electron chi connectivity index (χ4n) is 1.10. The number of carbonyl (C=O) groups excluding carboxylic acids is 1. The first kappa shape index (κ1) is 12.5. The molecule has 1 aromatic rings. The number of hydrogen-bond donors (Lipinski definition) is 0. The first-order chi connectivity index (χ1) is 7.15. The molecule has 0 atom stereocenters. The lowest BCUT2D eigenvalue weighted by atomic mass is 10.1. The number of ketones is 1. The Hall–Kier alpha value is -0.570. The van der Waals surface area contributed by atoms with E-state index in [9.17, 15) is 4.79 Å². The van der Waals surface area contributed by atoms with Gasteiger partial charge in [0, 0.05) is 17.2 Å². The smallest absolute Gasteiger partial charge is 0.189 e. The van der Waals surface area contributed by atoms with E-state index in [1.165, 1.54) is 0 Å². The van der Waals surface area contributed by atoms with Crippen molar-refractivity contribution in [1.29, 1.82) is 0 Å². The third-order valence-corrected chi connectivity index (χ3v) is 2.36. The van der Waals surface area contributed by atoms with Gasteiger partial charge in [-0.3, -0.25) is 4.79 Å². The number of carbonyl (C=O) groups is 1. The van der Waals surface area contributed by atoms with Crippen molar-refractivity contribution in [3.8, 4) is 0 Å². The van der Waals surface area contributed by atoms with Crippen molar-refractivity contribution < 1.29 is 9.53 Å². The van der Waals surface area contributed by atoms with E-state index in [1.54, 1.807) is 18.2 Å². The minimum Gasteiger partial charge on any atom is -0.373 e. The van der Waals surface area contributed by atoms with Crippen LogP contribution in [-0.2, 0) is 4.74 Å². The number of rotatable bonds is 5. The van der Waals surface area contributed by atoms with Crippen LogP contribution >= 0.6 is 23.2 Å². The van der Waals surface area contributed by atoms with E-state index in [4.69, 9.17) is 27.9 Å². The second kappa shape index (κ2) is 6.11. The third-order valence-electron chi connectivity index (χ3n) is 1.81. The van der Waals surface area contributed by atoms with Crippen LogP contribution in [0.25, 0.3) is 0 Å². The number of halogens is 2. The Morgan fingerprint density at radius 3 is 2.73 bits per heavy atom. The standard InChI is InChI=1S/C11H12Cl2O2/c1-2-5-15-7-11(14)9-4-3-8(12)6-10(9)13/h3-4,6H,2,5,7H2,1H3. The van der Waals surface area contributed by atoms with Gasteiger partial charge in [0.2, 0.25) is 0 Å². The fourth-order valence-corrected chi connectivity index (χ4v) is 1.62. The van der Waals surface area contributed by atoms with Gasteiger partial charge < -0.3 is 4.74 Å². The third kappa shape index (κ3) is 3.82. The van der Waals surface area contributed by atoms with Gasteiger partial charge in [-0.1, -0.05) is 30.1 Å². The van der Waals surface area contributed by atoms with Crippen molar-refractivity contribution in [2.24, 2.45) is 0 Å². The summed E-state index contributed by atoms with van der Waals surface area (Å²) in [6.07, 6.45) is 0.891. The van der Waals surface area contributed by atoms with Crippen LogP contribution in [0.15, 0.2) is 18.2 Å². The number of Topliss-reactive ketones (excluding diaryl/α,β-unsaturated/α-hetero) is 1. The molecule has 0 saturated heterocycles. The Kier molecular flexibility index (Phi) is 5.09.